The fourth-order valence-corrected chi connectivity index (χ4v) is 3.85. The Morgan fingerprint density at radius 1 is 1.13 bits per heavy atom. The van der Waals surface area contributed by atoms with Gasteiger partial charge in [-0.2, -0.15) is 0 Å². The van der Waals surface area contributed by atoms with Gasteiger partial charge in [-0.3, -0.25) is 0 Å². The van der Waals surface area contributed by atoms with Crippen LogP contribution in [0.25, 0.3) is 0 Å². The molecule has 1 saturated carbocycles. The Bertz CT molecular complexity index is 295. The normalized spacial score (nSPS) is 24.9. The van der Waals surface area contributed by atoms with Gasteiger partial charge in [0.25, 0.3) is 0 Å². The summed E-state index contributed by atoms with van der Waals surface area (Å²) in [7, 11) is -0.975. The highest BCUT2D eigenvalue weighted by Crippen LogP contribution is 2.32. The summed E-state index contributed by atoms with van der Waals surface area (Å²) in [4.78, 5) is 0. The third kappa shape index (κ3) is 2.84. The molecule has 2 aliphatic rings. The molecule has 2 fully saturated rings. The van der Waals surface area contributed by atoms with Crippen molar-refractivity contribution in [2.75, 3.05) is 20.1 Å². The van der Waals surface area contributed by atoms with Crippen LogP contribution in [0.5, 0.6) is 0 Å². The number of piperidine rings is 1. The highest BCUT2D eigenvalue weighted by atomic mass is 35.5. The Kier molecular flexibility index (Phi) is 4.40. The van der Waals surface area contributed by atoms with E-state index < -0.39 is 10.0 Å². The van der Waals surface area contributed by atoms with Crippen LogP contribution < -0.4 is 5.32 Å². The van der Waals surface area contributed by atoms with Crippen LogP contribution in [0.2, 0.25) is 0 Å². The molecule has 1 heterocycles. The van der Waals surface area contributed by atoms with E-state index in [1.54, 1.807) is 4.31 Å². The summed E-state index contributed by atoms with van der Waals surface area (Å²) < 4.78 is 25.4. The molecule has 1 saturated heterocycles. The number of nitrogens with one attached hydrogen (secondary N) is 1. The zero-order chi connectivity index (χ0) is 10.2. The molecule has 4 nitrogen and oxygen atoms in total. The molecule has 0 aromatic carbocycles. The van der Waals surface area contributed by atoms with Crippen molar-refractivity contribution in [1.29, 1.82) is 0 Å². The molecule has 0 aromatic heterocycles. The second-order valence-corrected chi connectivity index (χ2v) is 6.42. The van der Waals surface area contributed by atoms with E-state index >= 15 is 0 Å². The van der Waals surface area contributed by atoms with Crippen molar-refractivity contribution in [3.05, 3.63) is 0 Å². The van der Waals surface area contributed by atoms with Gasteiger partial charge in [0.15, 0.2) is 0 Å². The van der Waals surface area contributed by atoms with Crippen LogP contribution in [-0.4, -0.2) is 44.2 Å². The summed E-state index contributed by atoms with van der Waals surface area (Å²) in [5.41, 5.74) is 0. The largest absolute Gasteiger partial charge is 0.317 e. The first kappa shape index (κ1) is 13.2. The smallest absolute Gasteiger partial charge is 0.216 e. The Morgan fingerprint density at radius 2 is 1.67 bits per heavy atom. The zero-order valence-electron chi connectivity index (χ0n) is 8.98. The van der Waals surface area contributed by atoms with E-state index in [2.05, 4.69) is 5.32 Å². The molecule has 0 bridgehead atoms. The van der Waals surface area contributed by atoms with Crippen LogP contribution in [0.4, 0.5) is 0 Å². The van der Waals surface area contributed by atoms with Gasteiger partial charge in [-0.15, -0.1) is 12.4 Å². The summed E-state index contributed by atoms with van der Waals surface area (Å²) >= 11 is 0. The number of hydrogen-bond donors (Lipinski definition) is 1. The zero-order valence-corrected chi connectivity index (χ0v) is 10.6. The van der Waals surface area contributed by atoms with Crippen molar-refractivity contribution in [2.45, 2.75) is 37.0 Å². The lowest BCUT2D eigenvalue weighted by Gasteiger charge is -2.30. The molecule has 1 aliphatic heterocycles. The van der Waals surface area contributed by atoms with E-state index in [9.17, 15) is 8.42 Å². The van der Waals surface area contributed by atoms with Crippen LogP contribution in [0.15, 0.2) is 0 Å². The maximum absolute atomic E-state index is 11.8. The van der Waals surface area contributed by atoms with Crippen LogP contribution in [0, 0.1) is 0 Å². The molecule has 0 amide bonds. The lowest BCUT2D eigenvalue weighted by molar-refractivity contribution is 0.298. The van der Waals surface area contributed by atoms with Gasteiger partial charge in [-0.05, 0) is 32.7 Å². The monoisotopic (exact) mass is 254 g/mol. The minimum Gasteiger partial charge on any atom is -0.317 e. The lowest BCUT2D eigenvalue weighted by atomic mass is 10.1. The number of hydrogen-bond acceptors (Lipinski definition) is 3. The van der Waals surface area contributed by atoms with Gasteiger partial charge in [0.2, 0.25) is 10.0 Å². The lowest BCUT2D eigenvalue weighted by Crippen LogP contribution is -2.44. The van der Waals surface area contributed by atoms with Crippen molar-refractivity contribution < 1.29 is 8.42 Å². The fourth-order valence-electron chi connectivity index (χ4n) is 1.98. The van der Waals surface area contributed by atoms with Gasteiger partial charge in [-0.1, -0.05) is 0 Å². The van der Waals surface area contributed by atoms with Crippen molar-refractivity contribution in [3.63, 3.8) is 0 Å². The van der Waals surface area contributed by atoms with Gasteiger partial charge in [0.05, 0.1) is 5.25 Å². The topological polar surface area (TPSA) is 49.4 Å². The number of halogens is 1. The Hall–Kier alpha value is 0.160. The maximum Gasteiger partial charge on any atom is 0.216 e. The van der Waals surface area contributed by atoms with E-state index in [4.69, 9.17) is 0 Å². The molecular formula is C9H19ClN2O2S. The molecular weight excluding hydrogens is 236 g/mol. The average Bonchev–Trinajstić information content (AvgIpc) is 3.01. The van der Waals surface area contributed by atoms with Crippen LogP contribution in [-0.2, 0) is 10.0 Å². The Balaban J connectivity index is 0.00000112. The van der Waals surface area contributed by atoms with Crippen molar-refractivity contribution >= 4 is 22.4 Å². The van der Waals surface area contributed by atoms with Crippen LogP contribution in [0.1, 0.15) is 25.7 Å². The molecule has 0 radical (unpaired) electrons. The molecule has 2 rings (SSSR count). The third-order valence-corrected chi connectivity index (χ3v) is 5.57. The van der Waals surface area contributed by atoms with Crippen molar-refractivity contribution in [1.82, 2.24) is 9.62 Å². The fraction of sp³-hybridized carbons (Fsp3) is 1.00. The first-order chi connectivity index (χ1) is 6.64. The number of rotatable bonds is 3. The molecule has 90 valence electrons. The highest BCUT2D eigenvalue weighted by Gasteiger charge is 2.40. The quantitative estimate of drug-likeness (QED) is 0.802. The second kappa shape index (κ2) is 4.99. The van der Waals surface area contributed by atoms with Crippen LogP contribution in [0.3, 0.4) is 0 Å². The SMILES string of the molecule is CNC1CCN(S(=O)(=O)C2CC2)CC1.Cl. The Morgan fingerprint density at radius 3 is 2.07 bits per heavy atom. The van der Waals surface area contributed by atoms with E-state index in [1.165, 1.54) is 0 Å². The van der Waals surface area contributed by atoms with Gasteiger partial charge in [0.1, 0.15) is 0 Å². The average molecular weight is 255 g/mol. The first-order valence-electron chi connectivity index (χ1n) is 5.31. The summed E-state index contributed by atoms with van der Waals surface area (Å²) in [6, 6.07) is 0.501. The molecule has 6 heteroatoms. The number of nitrogens with zero attached hydrogens (tertiary/aromatic N) is 1. The third-order valence-electron chi connectivity index (χ3n) is 3.17. The second-order valence-electron chi connectivity index (χ2n) is 4.21. The summed E-state index contributed by atoms with van der Waals surface area (Å²) in [6.45, 7) is 1.40. The van der Waals surface area contributed by atoms with E-state index in [1.807, 2.05) is 7.05 Å². The summed E-state index contributed by atoms with van der Waals surface area (Å²) in [5, 5.41) is 3.15. The van der Waals surface area contributed by atoms with Gasteiger partial charge < -0.3 is 5.32 Å². The van der Waals surface area contributed by atoms with Crippen LogP contribution >= 0.6 is 12.4 Å². The first-order valence-corrected chi connectivity index (χ1v) is 6.81. The predicted octanol–water partition coefficient (Wildman–Crippen LogP) is 0.584. The molecule has 15 heavy (non-hydrogen) atoms. The molecule has 0 unspecified atom stereocenters. The minimum absolute atomic E-state index is 0. The number of sulfonamides is 1. The molecule has 1 N–H and O–H groups in total. The van der Waals surface area contributed by atoms with E-state index in [-0.39, 0.29) is 17.7 Å². The Labute approximate surface area is 97.9 Å². The van der Waals surface area contributed by atoms with Gasteiger partial charge in [0, 0.05) is 19.1 Å². The van der Waals surface area contributed by atoms with Crippen molar-refractivity contribution in [3.8, 4) is 0 Å². The van der Waals surface area contributed by atoms with Gasteiger partial charge in [-0.25, -0.2) is 12.7 Å². The molecule has 0 atom stereocenters. The summed E-state index contributed by atoms with van der Waals surface area (Å²) in [5.74, 6) is 0. The van der Waals surface area contributed by atoms with E-state index in [0.29, 0.717) is 19.1 Å². The summed E-state index contributed by atoms with van der Waals surface area (Å²) in [6.07, 6.45) is 3.63. The standard InChI is InChI=1S/C9H18N2O2S.ClH/c1-10-8-4-6-11(7-5-8)14(12,13)9-2-3-9;/h8-10H,2-7H2,1H3;1H. The molecule has 1 aliphatic carbocycles. The highest BCUT2D eigenvalue weighted by molar-refractivity contribution is 7.90. The maximum atomic E-state index is 11.8. The van der Waals surface area contributed by atoms with Gasteiger partial charge >= 0.3 is 0 Å². The van der Waals surface area contributed by atoms with Crippen molar-refractivity contribution in [2.24, 2.45) is 0 Å². The molecule has 0 aromatic rings. The molecule has 0 spiro atoms. The minimum atomic E-state index is -2.91. The van der Waals surface area contributed by atoms with E-state index in [0.717, 1.165) is 25.7 Å². The predicted molar refractivity (Wildman–Crippen MR) is 62.8 cm³/mol.